The minimum atomic E-state index is 0.108. The second-order valence-corrected chi connectivity index (χ2v) is 7.12. The molecule has 1 aromatic carbocycles. The van der Waals surface area contributed by atoms with Gasteiger partial charge in [0.15, 0.2) is 0 Å². The van der Waals surface area contributed by atoms with Crippen LogP contribution in [-0.2, 0) is 0 Å². The highest BCUT2D eigenvalue weighted by Gasteiger charge is 2.36. The molecule has 1 aliphatic rings. The van der Waals surface area contributed by atoms with Crippen LogP contribution in [0, 0.1) is 6.92 Å². The van der Waals surface area contributed by atoms with Crippen LogP contribution in [0.3, 0.4) is 0 Å². The number of nitrogens with one attached hydrogen (secondary N) is 1. The van der Waals surface area contributed by atoms with Gasteiger partial charge in [-0.05, 0) is 52.3 Å². The Hall–Kier alpha value is -0.730. The summed E-state index contributed by atoms with van der Waals surface area (Å²) in [5.41, 5.74) is 2.76. The van der Waals surface area contributed by atoms with Gasteiger partial charge in [-0.15, -0.1) is 0 Å². The molecule has 100 valence electrons. The zero-order chi connectivity index (χ0) is 13.6. The van der Waals surface area contributed by atoms with Gasteiger partial charge in [0.2, 0.25) is 0 Å². The first-order chi connectivity index (χ1) is 8.19. The maximum absolute atomic E-state index is 6.14. The van der Waals surface area contributed by atoms with Crippen molar-refractivity contribution in [1.82, 2.24) is 5.32 Å². The predicted molar refractivity (Wildman–Crippen MR) is 79.7 cm³/mol. The van der Waals surface area contributed by atoms with Gasteiger partial charge in [-0.1, -0.05) is 17.7 Å². The number of nitrogens with zero attached hydrogens (tertiary/aromatic N) is 1. The van der Waals surface area contributed by atoms with Crippen molar-refractivity contribution in [3.63, 3.8) is 0 Å². The van der Waals surface area contributed by atoms with Crippen molar-refractivity contribution >= 4 is 17.3 Å². The van der Waals surface area contributed by atoms with E-state index in [1.807, 2.05) is 6.07 Å². The van der Waals surface area contributed by atoms with Crippen LogP contribution < -0.4 is 10.2 Å². The Labute approximate surface area is 115 Å². The summed E-state index contributed by atoms with van der Waals surface area (Å²) >= 11 is 6.14. The van der Waals surface area contributed by atoms with Crippen LogP contribution in [-0.4, -0.2) is 24.2 Å². The van der Waals surface area contributed by atoms with Crippen LogP contribution in [0.5, 0.6) is 0 Å². The van der Waals surface area contributed by atoms with E-state index >= 15 is 0 Å². The molecule has 0 unspecified atom stereocenters. The molecule has 1 aliphatic heterocycles. The Bertz CT molecular complexity index is 436. The second-order valence-electron chi connectivity index (χ2n) is 6.68. The highest BCUT2D eigenvalue weighted by Crippen LogP contribution is 2.30. The van der Waals surface area contributed by atoms with Gasteiger partial charge < -0.3 is 10.2 Å². The zero-order valence-electron chi connectivity index (χ0n) is 12.0. The number of benzene rings is 1. The fourth-order valence-electron chi connectivity index (χ4n) is 3.10. The zero-order valence-corrected chi connectivity index (χ0v) is 12.7. The molecule has 1 N–H and O–H groups in total. The first kappa shape index (κ1) is 13.7. The third kappa shape index (κ3) is 2.99. The molecule has 0 radical (unpaired) electrons. The highest BCUT2D eigenvalue weighted by atomic mass is 35.5. The lowest BCUT2D eigenvalue weighted by Crippen LogP contribution is -2.67. The lowest BCUT2D eigenvalue weighted by atomic mass is 9.90. The van der Waals surface area contributed by atoms with E-state index in [-0.39, 0.29) is 11.1 Å². The van der Waals surface area contributed by atoms with Gasteiger partial charge in [0.05, 0.1) is 0 Å². The third-order valence-electron chi connectivity index (χ3n) is 3.36. The lowest BCUT2D eigenvalue weighted by Gasteiger charge is -2.49. The first-order valence-corrected chi connectivity index (χ1v) is 6.87. The summed E-state index contributed by atoms with van der Waals surface area (Å²) in [6.07, 6.45) is 0. The summed E-state index contributed by atoms with van der Waals surface area (Å²) in [6.45, 7) is 13.1. The quantitative estimate of drug-likeness (QED) is 0.835. The van der Waals surface area contributed by atoms with Crippen LogP contribution in [0.1, 0.15) is 33.3 Å². The molecule has 0 atom stereocenters. The molecule has 3 heteroatoms. The minimum absolute atomic E-state index is 0.108. The number of halogens is 1. The number of rotatable bonds is 1. The van der Waals surface area contributed by atoms with Crippen LogP contribution in [0.15, 0.2) is 18.2 Å². The van der Waals surface area contributed by atoms with Crippen LogP contribution >= 0.6 is 11.6 Å². The SMILES string of the molecule is Cc1ccc(Cl)cc1N1CC(C)(C)NC(C)(C)C1. The number of aryl methyl sites for hydroxylation is 1. The topological polar surface area (TPSA) is 15.3 Å². The van der Waals surface area contributed by atoms with Gasteiger partial charge in [-0.3, -0.25) is 0 Å². The van der Waals surface area contributed by atoms with E-state index < -0.39 is 0 Å². The molecule has 18 heavy (non-hydrogen) atoms. The summed E-state index contributed by atoms with van der Waals surface area (Å²) in [6, 6.07) is 6.13. The molecular weight excluding hydrogens is 244 g/mol. The van der Waals surface area contributed by atoms with Crippen LogP contribution in [0.2, 0.25) is 5.02 Å². The molecule has 1 fully saturated rings. The molecule has 2 nitrogen and oxygen atoms in total. The van der Waals surface area contributed by atoms with Crippen molar-refractivity contribution in [2.24, 2.45) is 0 Å². The van der Waals surface area contributed by atoms with E-state index in [9.17, 15) is 0 Å². The lowest BCUT2D eigenvalue weighted by molar-refractivity contribution is 0.226. The smallest absolute Gasteiger partial charge is 0.0426 e. The Morgan fingerprint density at radius 3 is 2.22 bits per heavy atom. The van der Waals surface area contributed by atoms with Gasteiger partial charge >= 0.3 is 0 Å². The first-order valence-electron chi connectivity index (χ1n) is 6.49. The number of hydrogen-bond acceptors (Lipinski definition) is 2. The minimum Gasteiger partial charge on any atom is -0.368 e. The standard InChI is InChI=1S/C15H23ClN2/c1-11-6-7-12(16)8-13(11)18-9-14(2,3)17-15(4,5)10-18/h6-8,17H,9-10H2,1-5H3. The normalized spacial score (nSPS) is 22.0. The van der Waals surface area contributed by atoms with Crippen molar-refractivity contribution in [2.75, 3.05) is 18.0 Å². The molecule has 1 aromatic rings. The van der Waals surface area contributed by atoms with Crippen molar-refractivity contribution in [1.29, 1.82) is 0 Å². The van der Waals surface area contributed by atoms with Gasteiger partial charge in [-0.25, -0.2) is 0 Å². The molecule has 0 amide bonds. The molecule has 0 aliphatic carbocycles. The van der Waals surface area contributed by atoms with Crippen molar-refractivity contribution in [3.8, 4) is 0 Å². The Morgan fingerprint density at radius 2 is 1.67 bits per heavy atom. The summed E-state index contributed by atoms with van der Waals surface area (Å²) < 4.78 is 0. The monoisotopic (exact) mass is 266 g/mol. The van der Waals surface area contributed by atoms with E-state index in [4.69, 9.17) is 11.6 Å². The molecule has 1 saturated heterocycles. The van der Waals surface area contributed by atoms with E-state index in [1.165, 1.54) is 11.3 Å². The van der Waals surface area contributed by atoms with Gasteiger partial charge in [0.1, 0.15) is 0 Å². The van der Waals surface area contributed by atoms with Gasteiger partial charge in [0.25, 0.3) is 0 Å². The fourth-order valence-corrected chi connectivity index (χ4v) is 3.27. The molecular formula is C15H23ClN2. The molecule has 1 heterocycles. The third-order valence-corrected chi connectivity index (χ3v) is 3.60. The highest BCUT2D eigenvalue weighted by molar-refractivity contribution is 6.30. The summed E-state index contributed by atoms with van der Waals surface area (Å²) in [7, 11) is 0. The summed E-state index contributed by atoms with van der Waals surface area (Å²) in [5.74, 6) is 0. The van der Waals surface area contributed by atoms with Gasteiger partial charge in [0, 0.05) is 34.9 Å². The summed E-state index contributed by atoms with van der Waals surface area (Å²) in [5, 5.41) is 4.50. The molecule has 0 spiro atoms. The molecule has 0 aromatic heterocycles. The van der Waals surface area contributed by atoms with Crippen LogP contribution in [0.4, 0.5) is 5.69 Å². The van der Waals surface area contributed by atoms with E-state index in [1.54, 1.807) is 0 Å². The second kappa shape index (κ2) is 4.43. The number of hydrogen-bond donors (Lipinski definition) is 1. The molecule has 0 bridgehead atoms. The number of piperazine rings is 1. The fraction of sp³-hybridized carbons (Fsp3) is 0.600. The van der Waals surface area contributed by atoms with Crippen molar-refractivity contribution in [2.45, 2.75) is 45.7 Å². The maximum atomic E-state index is 6.14. The largest absolute Gasteiger partial charge is 0.368 e. The average molecular weight is 267 g/mol. The molecule has 2 rings (SSSR count). The Balaban J connectivity index is 2.35. The van der Waals surface area contributed by atoms with E-state index in [2.05, 4.69) is 57.0 Å². The van der Waals surface area contributed by atoms with E-state index in [0.717, 1.165) is 18.1 Å². The van der Waals surface area contributed by atoms with E-state index in [0.29, 0.717) is 0 Å². The summed E-state index contributed by atoms with van der Waals surface area (Å²) in [4.78, 5) is 2.44. The number of anilines is 1. The van der Waals surface area contributed by atoms with Crippen molar-refractivity contribution < 1.29 is 0 Å². The maximum Gasteiger partial charge on any atom is 0.0426 e. The molecule has 0 saturated carbocycles. The van der Waals surface area contributed by atoms with Crippen molar-refractivity contribution in [3.05, 3.63) is 28.8 Å². The Morgan fingerprint density at radius 1 is 1.11 bits per heavy atom. The predicted octanol–water partition coefficient (Wildman–Crippen LogP) is 3.62. The van der Waals surface area contributed by atoms with Gasteiger partial charge in [-0.2, -0.15) is 0 Å². The Kier molecular flexibility index (Phi) is 3.37. The average Bonchev–Trinajstić information content (AvgIpc) is 2.17. The van der Waals surface area contributed by atoms with Crippen LogP contribution in [0.25, 0.3) is 0 Å².